The fraction of sp³-hybridized carbons (Fsp3) is 0.240. The Morgan fingerprint density at radius 3 is 2.68 bits per heavy atom. The molecule has 0 spiro atoms. The van der Waals surface area contributed by atoms with Gasteiger partial charge < -0.3 is 16.0 Å². The predicted octanol–water partition coefficient (Wildman–Crippen LogP) is 4.23. The Kier molecular flexibility index (Phi) is 3.90. The first kappa shape index (κ1) is 18.1. The maximum atomic E-state index is 6.37. The quantitative estimate of drug-likeness (QED) is 0.678. The number of hydrogen-bond acceptors (Lipinski definition) is 6. The van der Waals surface area contributed by atoms with Gasteiger partial charge in [0.1, 0.15) is 17.2 Å². The lowest BCUT2D eigenvalue weighted by atomic mass is 9.76. The Balaban J connectivity index is 1.46. The van der Waals surface area contributed by atoms with Gasteiger partial charge in [-0.2, -0.15) is 0 Å². The molecule has 2 aromatic carbocycles. The fourth-order valence-corrected chi connectivity index (χ4v) is 4.84. The van der Waals surface area contributed by atoms with E-state index < -0.39 is 0 Å². The van der Waals surface area contributed by atoms with Gasteiger partial charge >= 0.3 is 0 Å². The van der Waals surface area contributed by atoms with Gasteiger partial charge in [0.15, 0.2) is 0 Å². The molecule has 3 N–H and O–H groups in total. The zero-order valence-corrected chi connectivity index (χ0v) is 17.4. The third-order valence-electron chi connectivity index (χ3n) is 6.83. The molecule has 0 amide bonds. The van der Waals surface area contributed by atoms with E-state index in [9.17, 15) is 0 Å². The molecule has 1 fully saturated rings. The second-order valence-corrected chi connectivity index (χ2v) is 8.63. The normalized spacial score (nSPS) is 22.9. The van der Waals surface area contributed by atoms with Crippen molar-refractivity contribution in [3.05, 3.63) is 78.4 Å². The molecule has 0 bridgehead atoms. The minimum Gasteiger partial charge on any atom is -0.382 e. The number of aliphatic imine (C=N–C) groups is 1. The highest BCUT2D eigenvalue weighted by atomic mass is 15.4. The topological polar surface area (TPSA) is 79.4 Å². The van der Waals surface area contributed by atoms with Crippen LogP contribution in [0, 0.1) is 5.92 Å². The Bertz CT molecular complexity index is 1270. The van der Waals surface area contributed by atoms with E-state index in [1.54, 1.807) is 6.20 Å². The van der Waals surface area contributed by atoms with Gasteiger partial charge in [-0.3, -0.25) is 4.98 Å². The number of nitrogens with one attached hydrogen (secondary N) is 1. The molecule has 3 aliphatic rings. The van der Waals surface area contributed by atoms with Crippen LogP contribution in [0.25, 0.3) is 28.0 Å². The Morgan fingerprint density at radius 1 is 1.06 bits per heavy atom. The van der Waals surface area contributed by atoms with E-state index in [4.69, 9.17) is 10.7 Å². The Labute approximate surface area is 181 Å². The third-order valence-corrected chi connectivity index (χ3v) is 6.83. The number of aromatic nitrogens is 2. The number of rotatable bonds is 3. The smallest absolute Gasteiger partial charge is 0.149 e. The monoisotopic (exact) mass is 408 g/mol. The number of nitrogens with two attached hydrogens (primary N) is 1. The van der Waals surface area contributed by atoms with Crippen molar-refractivity contribution in [1.29, 1.82) is 0 Å². The summed E-state index contributed by atoms with van der Waals surface area (Å²) < 4.78 is 0. The van der Waals surface area contributed by atoms with Gasteiger partial charge in [-0.05, 0) is 31.9 Å². The first-order chi connectivity index (χ1) is 15.1. The van der Waals surface area contributed by atoms with E-state index >= 15 is 0 Å². The molecule has 0 radical (unpaired) electrons. The van der Waals surface area contributed by atoms with Gasteiger partial charge in [0.2, 0.25) is 0 Å². The highest BCUT2D eigenvalue weighted by Gasteiger charge is 2.49. The van der Waals surface area contributed by atoms with Gasteiger partial charge in [0, 0.05) is 29.4 Å². The summed E-state index contributed by atoms with van der Waals surface area (Å²) in [6, 6.07) is 16.3. The molecule has 0 saturated heterocycles. The maximum absolute atomic E-state index is 6.37. The average molecular weight is 409 g/mol. The summed E-state index contributed by atoms with van der Waals surface area (Å²) in [5.41, 5.74) is 12.8. The third kappa shape index (κ3) is 2.75. The van der Waals surface area contributed by atoms with Gasteiger partial charge in [0.05, 0.1) is 28.6 Å². The predicted molar refractivity (Wildman–Crippen MR) is 123 cm³/mol. The maximum Gasteiger partial charge on any atom is 0.149 e. The van der Waals surface area contributed by atoms with Gasteiger partial charge in [-0.15, -0.1) is 0 Å². The van der Waals surface area contributed by atoms with E-state index in [1.807, 2.05) is 36.7 Å². The summed E-state index contributed by atoms with van der Waals surface area (Å²) >= 11 is 0. The molecule has 6 rings (SSSR count). The second-order valence-electron chi connectivity index (χ2n) is 8.63. The SMILES string of the molecule is C[C@]1(C2CCC2)NC(c2ccc3ncc(-c4ccccc4)nc3c2)=C2C(N)=NC=CN21. The molecule has 1 atom stereocenters. The largest absolute Gasteiger partial charge is 0.382 e. The second kappa shape index (κ2) is 6.67. The zero-order valence-electron chi connectivity index (χ0n) is 17.4. The van der Waals surface area contributed by atoms with Gasteiger partial charge in [-0.25, -0.2) is 9.98 Å². The van der Waals surface area contributed by atoms with E-state index in [2.05, 4.69) is 51.4 Å². The average Bonchev–Trinajstić information content (AvgIpc) is 3.06. The summed E-state index contributed by atoms with van der Waals surface area (Å²) in [6.45, 7) is 2.27. The lowest BCUT2D eigenvalue weighted by Gasteiger charge is -2.46. The van der Waals surface area contributed by atoms with Crippen molar-refractivity contribution in [1.82, 2.24) is 20.2 Å². The highest BCUT2D eigenvalue weighted by Crippen LogP contribution is 2.46. The zero-order chi connectivity index (χ0) is 21.0. The molecule has 2 aliphatic heterocycles. The van der Waals surface area contributed by atoms with E-state index in [0.29, 0.717) is 11.8 Å². The number of hydrogen-bond donors (Lipinski definition) is 2. The molecule has 1 aliphatic carbocycles. The van der Waals surface area contributed by atoms with Crippen LogP contribution >= 0.6 is 0 Å². The van der Waals surface area contributed by atoms with Crippen molar-refractivity contribution < 1.29 is 0 Å². The first-order valence-electron chi connectivity index (χ1n) is 10.8. The van der Waals surface area contributed by atoms with E-state index in [0.717, 1.165) is 39.2 Å². The fourth-order valence-electron chi connectivity index (χ4n) is 4.84. The number of benzene rings is 2. The van der Waals surface area contributed by atoms with Crippen molar-refractivity contribution in [2.24, 2.45) is 16.6 Å². The lowest BCUT2D eigenvalue weighted by Crippen LogP contribution is -2.56. The van der Waals surface area contributed by atoms with Crippen molar-refractivity contribution in [3.63, 3.8) is 0 Å². The molecule has 6 nitrogen and oxygen atoms in total. The number of fused-ring (bicyclic) bond motifs is 2. The van der Waals surface area contributed by atoms with Crippen LogP contribution in [0.15, 0.2) is 77.8 Å². The van der Waals surface area contributed by atoms with Crippen molar-refractivity contribution in [2.75, 3.05) is 0 Å². The standard InChI is InChI=1S/C25H24N6/c1-25(18-8-5-9-18)30-22(23-24(26)27-12-13-31(23)25)17-10-11-19-20(14-17)29-21(15-28-19)16-6-3-2-4-7-16/h2-4,6-7,10-15,18,30H,5,8-9H2,1H3,(H2,26,27)/t25-/m0/s1. The molecule has 3 heterocycles. The Hall–Kier alpha value is -3.67. The molecular formula is C25H24N6. The number of nitrogens with zero attached hydrogens (tertiary/aromatic N) is 4. The van der Waals surface area contributed by atoms with Crippen molar-refractivity contribution in [2.45, 2.75) is 31.8 Å². The van der Waals surface area contributed by atoms with Crippen LogP contribution in [0.2, 0.25) is 0 Å². The summed E-state index contributed by atoms with van der Waals surface area (Å²) in [4.78, 5) is 16.2. The summed E-state index contributed by atoms with van der Waals surface area (Å²) in [6.07, 6.45) is 9.38. The molecule has 31 heavy (non-hydrogen) atoms. The summed E-state index contributed by atoms with van der Waals surface area (Å²) in [5.74, 6) is 1.11. The lowest BCUT2D eigenvalue weighted by molar-refractivity contribution is 0.0683. The van der Waals surface area contributed by atoms with Crippen LogP contribution in [-0.2, 0) is 0 Å². The van der Waals surface area contributed by atoms with Crippen LogP contribution in [0.1, 0.15) is 31.7 Å². The highest BCUT2D eigenvalue weighted by molar-refractivity contribution is 6.05. The minimum absolute atomic E-state index is 0.202. The van der Waals surface area contributed by atoms with Crippen LogP contribution in [0.4, 0.5) is 0 Å². The van der Waals surface area contributed by atoms with E-state index in [1.165, 1.54) is 19.3 Å². The van der Waals surface area contributed by atoms with Crippen LogP contribution in [-0.4, -0.2) is 26.4 Å². The van der Waals surface area contributed by atoms with Crippen LogP contribution in [0.5, 0.6) is 0 Å². The van der Waals surface area contributed by atoms with Crippen molar-refractivity contribution in [3.8, 4) is 11.3 Å². The van der Waals surface area contributed by atoms with Crippen LogP contribution in [0.3, 0.4) is 0 Å². The molecule has 154 valence electrons. The summed E-state index contributed by atoms with van der Waals surface area (Å²) in [5, 5.41) is 3.81. The first-order valence-corrected chi connectivity index (χ1v) is 10.8. The molecule has 3 aromatic rings. The summed E-state index contributed by atoms with van der Waals surface area (Å²) in [7, 11) is 0. The number of amidine groups is 1. The van der Waals surface area contributed by atoms with Crippen molar-refractivity contribution >= 4 is 22.6 Å². The molecular weight excluding hydrogens is 384 g/mol. The Morgan fingerprint density at radius 2 is 1.90 bits per heavy atom. The molecule has 1 aromatic heterocycles. The molecule has 0 unspecified atom stereocenters. The minimum atomic E-state index is -0.202. The molecule has 6 heteroatoms. The van der Waals surface area contributed by atoms with E-state index in [-0.39, 0.29) is 5.66 Å². The van der Waals surface area contributed by atoms with Crippen LogP contribution < -0.4 is 11.1 Å². The van der Waals surface area contributed by atoms with Gasteiger partial charge in [-0.1, -0.05) is 42.8 Å². The van der Waals surface area contributed by atoms with Gasteiger partial charge in [0.25, 0.3) is 0 Å². The molecule has 1 saturated carbocycles.